The van der Waals surface area contributed by atoms with Gasteiger partial charge in [0.05, 0.1) is 0 Å². The topological polar surface area (TPSA) is 0 Å². The van der Waals surface area contributed by atoms with Gasteiger partial charge in [-0.2, -0.15) is 0 Å². The van der Waals surface area contributed by atoms with E-state index in [4.69, 9.17) is 0 Å². The quantitative estimate of drug-likeness (QED) is 0.640. The SMILES string of the molecule is CCCP(c1ccc(C)c(C)c1C)C1CCCCC1. The van der Waals surface area contributed by atoms with Gasteiger partial charge in [0.15, 0.2) is 0 Å². The van der Waals surface area contributed by atoms with E-state index in [0.29, 0.717) is 0 Å². The second-order valence-electron chi connectivity index (χ2n) is 6.14. The summed E-state index contributed by atoms with van der Waals surface area (Å²) in [5.74, 6) is 0. The zero-order chi connectivity index (χ0) is 13.8. The van der Waals surface area contributed by atoms with E-state index in [1.165, 1.54) is 55.8 Å². The van der Waals surface area contributed by atoms with Crippen LogP contribution in [-0.4, -0.2) is 11.8 Å². The molecule has 1 atom stereocenters. The zero-order valence-electron chi connectivity index (χ0n) is 13.1. The highest BCUT2D eigenvalue weighted by molar-refractivity contribution is 7.66. The number of rotatable bonds is 4. The van der Waals surface area contributed by atoms with E-state index >= 15 is 0 Å². The van der Waals surface area contributed by atoms with Gasteiger partial charge in [-0.1, -0.05) is 52.7 Å². The van der Waals surface area contributed by atoms with Crippen LogP contribution in [0.25, 0.3) is 0 Å². The van der Waals surface area contributed by atoms with Crippen molar-refractivity contribution in [3.8, 4) is 0 Å². The molecule has 1 fully saturated rings. The number of aryl methyl sites for hydroxylation is 1. The molecule has 1 aliphatic rings. The molecule has 0 saturated heterocycles. The van der Waals surface area contributed by atoms with Gasteiger partial charge >= 0.3 is 0 Å². The van der Waals surface area contributed by atoms with E-state index in [2.05, 4.69) is 39.8 Å². The van der Waals surface area contributed by atoms with Crippen molar-refractivity contribution in [2.45, 2.75) is 71.9 Å². The Labute approximate surface area is 120 Å². The van der Waals surface area contributed by atoms with Crippen LogP contribution in [-0.2, 0) is 0 Å². The summed E-state index contributed by atoms with van der Waals surface area (Å²) < 4.78 is 0. The number of benzene rings is 1. The van der Waals surface area contributed by atoms with Crippen molar-refractivity contribution in [1.29, 1.82) is 0 Å². The first-order valence-corrected chi connectivity index (χ1v) is 9.58. The molecule has 2 rings (SSSR count). The molecule has 0 N–H and O–H groups in total. The largest absolute Gasteiger partial charge is 0.0718 e. The van der Waals surface area contributed by atoms with Crippen molar-refractivity contribution in [3.63, 3.8) is 0 Å². The maximum absolute atomic E-state index is 2.45. The van der Waals surface area contributed by atoms with Crippen LogP contribution in [0.15, 0.2) is 12.1 Å². The van der Waals surface area contributed by atoms with Crippen LogP contribution >= 0.6 is 7.92 Å². The minimum absolute atomic E-state index is 0.0765. The molecule has 0 heterocycles. The molecule has 1 aliphatic carbocycles. The molecule has 0 spiro atoms. The van der Waals surface area contributed by atoms with E-state index in [-0.39, 0.29) is 7.92 Å². The molecule has 1 heteroatoms. The fourth-order valence-corrected chi connectivity index (χ4v) is 6.72. The lowest BCUT2D eigenvalue weighted by Gasteiger charge is -2.32. The fraction of sp³-hybridized carbons (Fsp3) is 0.667. The standard InChI is InChI=1S/C18H29P/c1-5-13-19(17-9-7-6-8-10-17)18-12-11-14(2)15(3)16(18)4/h11-12,17H,5-10,13H2,1-4H3. The Morgan fingerprint density at radius 2 is 1.68 bits per heavy atom. The van der Waals surface area contributed by atoms with E-state index in [9.17, 15) is 0 Å². The Kier molecular flexibility index (Phi) is 5.46. The van der Waals surface area contributed by atoms with E-state index in [0.717, 1.165) is 5.66 Å². The first-order valence-electron chi connectivity index (χ1n) is 7.98. The summed E-state index contributed by atoms with van der Waals surface area (Å²) in [5, 5.41) is 1.71. The van der Waals surface area contributed by atoms with Crippen LogP contribution in [0.1, 0.15) is 62.1 Å². The highest BCUT2D eigenvalue weighted by Gasteiger charge is 2.25. The van der Waals surface area contributed by atoms with Crippen LogP contribution in [0.3, 0.4) is 0 Å². The molecule has 0 aliphatic heterocycles. The van der Waals surface area contributed by atoms with Gasteiger partial charge in [0.2, 0.25) is 0 Å². The Hall–Kier alpha value is -0.350. The number of hydrogen-bond donors (Lipinski definition) is 0. The average Bonchev–Trinajstić information content (AvgIpc) is 2.44. The van der Waals surface area contributed by atoms with Gasteiger partial charge < -0.3 is 0 Å². The first-order chi connectivity index (χ1) is 9.15. The minimum Gasteiger partial charge on any atom is -0.0718 e. The second kappa shape index (κ2) is 6.89. The summed E-state index contributed by atoms with van der Waals surface area (Å²) in [7, 11) is 0.0765. The van der Waals surface area contributed by atoms with Gasteiger partial charge in [-0.05, 0) is 67.4 Å². The molecular weight excluding hydrogens is 247 g/mol. The van der Waals surface area contributed by atoms with Gasteiger partial charge in [-0.15, -0.1) is 0 Å². The van der Waals surface area contributed by atoms with Crippen molar-refractivity contribution in [2.75, 3.05) is 6.16 Å². The normalized spacial score (nSPS) is 18.5. The summed E-state index contributed by atoms with van der Waals surface area (Å²) in [5.41, 5.74) is 5.57. The van der Waals surface area contributed by atoms with Crippen LogP contribution in [0.2, 0.25) is 0 Å². The van der Waals surface area contributed by atoms with Gasteiger partial charge in [0.1, 0.15) is 0 Å². The minimum atomic E-state index is 0.0765. The molecule has 0 bridgehead atoms. The van der Waals surface area contributed by atoms with Crippen molar-refractivity contribution in [3.05, 3.63) is 28.8 Å². The average molecular weight is 276 g/mol. The molecule has 106 valence electrons. The van der Waals surface area contributed by atoms with Gasteiger partial charge in [-0.3, -0.25) is 0 Å². The monoisotopic (exact) mass is 276 g/mol. The van der Waals surface area contributed by atoms with Crippen LogP contribution in [0, 0.1) is 20.8 Å². The Morgan fingerprint density at radius 3 is 2.32 bits per heavy atom. The third-order valence-electron chi connectivity index (χ3n) is 4.82. The molecule has 1 unspecified atom stereocenters. The van der Waals surface area contributed by atoms with Crippen molar-refractivity contribution in [1.82, 2.24) is 0 Å². The summed E-state index contributed by atoms with van der Waals surface area (Å²) in [6, 6.07) is 4.80. The zero-order valence-corrected chi connectivity index (χ0v) is 14.0. The molecular formula is C18H29P. The van der Waals surface area contributed by atoms with E-state index in [1.807, 2.05) is 0 Å². The summed E-state index contributed by atoms with van der Waals surface area (Å²) in [6.07, 6.45) is 10.2. The Bertz CT molecular complexity index is 416. The summed E-state index contributed by atoms with van der Waals surface area (Å²) >= 11 is 0. The molecule has 1 aromatic carbocycles. The smallest absolute Gasteiger partial charge is 0.0169 e. The first kappa shape index (κ1) is 15.0. The highest BCUT2D eigenvalue weighted by atomic mass is 31.1. The maximum atomic E-state index is 2.45. The summed E-state index contributed by atoms with van der Waals surface area (Å²) in [4.78, 5) is 0. The molecule has 0 amide bonds. The van der Waals surface area contributed by atoms with Gasteiger partial charge in [0, 0.05) is 0 Å². The van der Waals surface area contributed by atoms with Gasteiger partial charge in [0.25, 0.3) is 0 Å². The predicted molar refractivity (Wildman–Crippen MR) is 89.2 cm³/mol. The van der Waals surface area contributed by atoms with Crippen molar-refractivity contribution in [2.24, 2.45) is 0 Å². The molecule has 0 nitrogen and oxygen atoms in total. The third kappa shape index (κ3) is 3.40. The number of hydrogen-bond acceptors (Lipinski definition) is 0. The predicted octanol–water partition coefficient (Wildman–Crippen LogP) is 5.46. The Morgan fingerprint density at radius 1 is 1.00 bits per heavy atom. The van der Waals surface area contributed by atoms with Gasteiger partial charge in [-0.25, -0.2) is 0 Å². The molecule has 1 aromatic rings. The molecule has 0 radical (unpaired) electrons. The maximum Gasteiger partial charge on any atom is -0.0169 e. The lowest BCUT2D eigenvalue weighted by Crippen LogP contribution is -2.21. The van der Waals surface area contributed by atoms with E-state index < -0.39 is 0 Å². The Balaban J connectivity index is 2.30. The van der Waals surface area contributed by atoms with Crippen molar-refractivity contribution < 1.29 is 0 Å². The highest BCUT2D eigenvalue weighted by Crippen LogP contribution is 2.48. The summed E-state index contributed by atoms with van der Waals surface area (Å²) in [6.45, 7) is 9.25. The lowest BCUT2D eigenvalue weighted by atomic mass is 10.0. The lowest BCUT2D eigenvalue weighted by molar-refractivity contribution is 0.511. The molecule has 19 heavy (non-hydrogen) atoms. The van der Waals surface area contributed by atoms with Crippen LogP contribution in [0.5, 0.6) is 0 Å². The third-order valence-corrected chi connectivity index (χ3v) is 8.25. The molecule has 0 aromatic heterocycles. The van der Waals surface area contributed by atoms with Crippen LogP contribution in [0.4, 0.5) is 0 Å². The fourth-order valence-electron chi connectivity index (χ4n) is 3.39. The molecule has 1 saturated carbocycles. The van der Waals surface area contributed by atoms with E-state index in [1.54, 1.807) is 10.9 Å². The van der Waals surface area contributed by atoms with Crippen molar-refractivity contribution >= 4 is 13.2 Å². The second-order valence-corrected chi connectivity index (χ2v) is 8.74. The van der Waals surface area contributed by atoms with Crippen LogP contribution < -0.4 is 5.30 Å².